The fourth-order valence-corrected chi connectivity index (χ4v) is 4.59. The minimum Gasteiger partial charge on any atom is -0.320 e. The molecule has 0 saturated heterocycles. The molecule has 9 heteroatoms. The van der Waals surface area contributed by atoms with Crippen LogP contribution in [0.15, 0.2) is 72.0 Å². The summed E-state index contributed by atoms with van der Waals surface area (Å²) in [5.74, 6) is -0.260. The molecule has 1 N–H and O–H groups in total. The molecule has 4 rings (SSSR count). The Bertz CT molecular complexity index is 1190. The van der Waals surface area contributed by atoms with Crippen LogP contribution >= 0.6 is 23.1 Å². The molecule has 0 saturated carbocycles. The zero-order chi connectivity index (χ0) is 20.2. The second kappa shape index (κ2) is 8.38. The number of carbonyl (C=O) groups is 1. The van der Waals surface area contributed by atoms with Gasteiger partial charge in [0.1, 0.15) is 21.9 Å². The third kappa shape index (κ3) is 4.25. The van der Waals surface area contributed by atoms with Crippen molar-refractivity contribution in [1.29, 1.82) is 0 Å². The number of fused-ring (bicyclic) bond motifs is 1. The topological polar surface area (TPSA) is 98.0 Å². The predicted octanol–water partition coefficient (Wildman–Crippen LogP) is 5.00. The van der Waals surface area contributed by atoms with Gasteiger partial charge in [-0.3, -0.25) is 14.9 Å². The number of benzene rings is 2. The van der Waals surface area contributed by atoms with Gasteiger partial charge in [0.15, 0.2) is 0 Å². The molecular weight excluding hydrogens is 408 g/mol. The second-order valence-corrected chi connectivity index (χ2v) is 7.98. The van der Waals surface area contributed by atoms with Gasteiger partial charge in [0, 0.05) is 16.3 Å². The number of para-hydroxylation sites is 2. The van der Waals surface area contributed by atoms with Gasteiger partial charge in [-0.1, -0.05) is 54.2 Å². The van der Waals surface area contributed by atoms with Gasteiger partial charge in [-0.15, -0.1) is 11.3 Å². The zero-order valence-corrected chi connectivity index (χ0v) is 16.6. The maximum Gasteiger partial charge on any atom is 0.292 e. The minimum absolute atomic E-state index is 0.0781. The number of nitro groups is 1. The van der Waals surface area contributed by atoms with Crippen LogP contribution in [0.5, 0.6) is 0 Å². The molecule has 0 atom stereocenters. The van der Waals surface area contributed by atoms with E-state index in [1.807, 2.05) is 36.4 Å². The van der Waals surface area contributed by atoms with Gasteiger partial charge in [-0.2, -0.15) is 0 Å². The molecule has 0 aliphatic carbocycles. The summed E-state index contributed by atoms with van der Waals surface area (Å²) in [6.07, 6.45) is 1.48. The van der Waals surface area contributed by atoms with Crippen molar-refractivity contribution in [2.24, 2.45) is 0 Å². The summed E-state index contributed by atoms with van der Waals surface area (Å²) in [7, 11) is 0. The molecule has 0 spiro atoms. The largest absolute Gasteiger partial charge is 0.320 e. The van der Waals surface area contributed by atoms with Gasteiger partial charge in [0.05, 0.1) is 10.7 Å². The maximum atomic E-state index is 12.3. The lowest BCUT2D eigenvalue weighted by Gasteiger charge is -2.06. The van der Waals surface area contributed by atoms with Gasteiger partial charge in [-0.25, -0.2) is 9.97 Å². The molecule has 0 bridgehead atoms. The molecule has 7 nitrogen and oxygen atoms in total. The molecule has 0 radical (unpaired) electrons. The Labute approximate surface area is 174 Å². The lowest BCUT2D eigenvalue weighted by molar-refractivity contribution is -0.383. The van der Waals surface area contributed by atoms with E-state index in [4.69, 9.17) is 0 Å². The van der Waals surface area contributed by atoms with Crippen molar-refractivity contribution < 1.29 is 9.72 Å². The van der Waals surface area contributed by atoms with E-state index >= 15 is 0 Å². The summed E-state index contributed by atoms with van der Waals surface area (Å²) >= 11 is 2.84. The SMILES string of the molecule is O=C(CSc1ncnc2sc(-c3ccccc3)cc12)Nc1ccccc1[N+](=O)[O-]. The number of anilines is 1. The Kier molecular flexibility index (Phi) is 5.50. The van der Waals surface area contributed by atoms with E-state index in [-0.39, 0.29) is 23.0 Å². The average Bonchev–Trinajstić information content (AvgIpc) is 3.18. The molecule has 1 amide bonds. The summed E-state index contributed by atoms with van der Waals surface area (Å²) in [4.78, 5) is 33.5. The van der Waals surface area contributed by atoms with Crippen LogP contribution in [-0.4, -0.2) is 26.6 Å². The quantitative estimate of drug-likeness (QED) is 0.203. The van der Waals surface area contributed by atoms with Gasteiger partial charge in [0.2, 0.25) is 5.91 Å². The van der Waals surface area contributed by atoms with Crippen LogP contribution in [0.4, 0.5) is 11.4 Å². The predicted molar refractivity (Wildman–Crippen MR) is 115 cm³/mol. The van der Waals surface area contributed by atoms with Crippen LogP contribution in [-0.2, 0) is 4.79 Å². The summed E-state index contributed by atoms with van der Waals surface area (Å²) in [6.45, 7) is 0. The number of thiophene rings is 1. The molecule has 2 heterocycles. The smallest absolute Gasteiger partial charge is 0.292 e. The summed E-state index contributed by atoms with van der Waals surface area (Å²) in [5.41, 5.74) is 1.14. The van der Waals surface area contributed by atoms with Crippen LogP contribution in [0.1, 0.15) is 0 Å². The van der Waals surface area contributed by atoms with Crippen LogP contribution < -0.4 is 5.32 Å². The van der Waals surface area contributed by atoms with Gasteiger partial charge < -0.3 is 5.32 Å². The fourth-order valence-electron chi connectivity index (χ4n) is 2.75. The maximum absolute atomic E-state index is 12.3. The highest BCUT2D eigenvalue weighted by Crippen LogP contribution is 2.36. The van der Waals surface area contributed by atoms with Crippen molar-refractivity contribution in [2.75, 3.05) is 11.1 Å². The second-order valence-electron chi connectivity index (χ2n) is 5.99. The summed E-state index contributed by atoms with van der Waals surface area (Å²) < 4.78 is 0. The molecule has 144 valence electrons. The lowest BCUT2D eigenvalue weighted by Crippen LogP contribution is -2.15. The molecule has 2 aromatic carbocycles. The molecule has 0 fully saturated rings. The van der Waals surface area contributed by atoms with E-state index in [0.717, 1.165) is 20.7 Å². The molecule has 0 aliphatic heterocycles. The van der Waals surface area contributed by atoms with Crippen LogP contribution in [0.2, 0.25) is 0 Å². The van der Waals surface area contributed by atoms with Crippen molar-refractivity contribution >= 4 is 50.6 Å². The van der Waals surface area contributed by atoms with E-state index in [1.165, 1.54) is 30.2 Å². The Morgan fingerprint density at radius 3 is 2.66 bits per heavy atom. The summed E-state index contributed by atoms with van der Waals surface area (Å²) in [5, 5.41) is 15.3. The standard InChI is InChI=1S/C20H14N4O3S2/c25-18(23-15-8-4-5-9-16(15)24(26)27)11-28-19-14-10-17(13-6-2-1-3-7-13)29-20(14)22-12-21-19/h1-10,12H,11H2,(H,23,25). The lowest BCUT2D eigenvalue weighted by atomic mass is 10.2. The van der Waals surface area contributed by atoms with E-state index in [1.54, 1.807) is 23.5 Å². The number of nitrogens with one attached hydrogen (secondary N) is 1. The van der Waals surface area contributed by atoms with E-state index in [0.29, 0.717) is 5.03 Å². The highest BCUT2D eigenvalue weighted by Gasteiger charge is 2.16. The number of nitro benzene ring substituents is 1. The van der Waals surface area contributed by atoms with E-state index in [9.17, 15) is 14.9 Å². The van der Waals surface area contributed by atoms with E-state index < -0.39 is 4.92 Å². The van der Waals surface area contributed by atoms with E-state index in [2.05, 4.69) is 15.3 Å². The number of carbonyl (C=O) groups excluding carboxylic acids is 1. The Balaban J connectivity index is 1.51. The number of aromatic nitrogens is 2. The van der Waals surface area contributed by atoms with Crippen molar-refractivity contribution in [3.8, 4) is 10.4 Å². The first-order valence-corrected chi connectivity index (χ1v) is 10.4. The van der Waals surface area contributed by atoms with Gasteiger partial charge in [0.25, 0.3) is 5.69 Å². The Hall–Kier alpha value is -3.30. The third-order valence-electron chi connectivity index (χ3n) is 4.07. The molecule has 0 unspecified atom stereocenters. The highest BCUT2D eigenvalue weighted by atomic mass is 32.2. The number of rotatable bonds is 6. The molecule has 0 aliphatic rings. The number of hydrogen-bond donors (Lipinski definition) is 1. The monoisotopic (exact) mass is 422 g/mol. The zero-order valence-electron chi connectivity index (χ0n) is 14.9. The first-order valence-electron chi connectivity index (χ1n) is 8.58. The molecule has 29 heavy (non-hydrogen) atoms. The first kappa shape index (κ1) is 19.0. The first-order chi connectivity index (χ1) is 14.1. The number of nitrogens with zero attached hydrogens (tertiary/aromatic N) is 3. The number of thioether (sulfide) groups is 1. The molecular formula is C20H14N4O3S2. The van der Waals surface area contributed by atoms with Crippen molar-refractivity contribution in [2.45, 2.75) is 5.03 Å². The normalized spacial score (nSPS) is 10.8. The van der Waals surface area contributed by atoms with Crippen LogP contribution in [0.25, 0.3) is 20.7 Å². The van der Waals surface area contributed by atoms with Gasteiger partial charge in [-0.05, 0) is 17.7 Å². The molecule has 2 aromatic heterocycles. The summed E-state index contributed by atoms with van der Waals surface area (Å²) in [6, 6.07) is 18.1. The highest BCUT2D eigenvalue weighted by molar-refractivity contribution is 8.00. The fraction of sp³-hybridized carbons (Fsp3) is 0.0500. The van der Waals surface area contributed by atoms with Crippen molar-refractivity contribution in [3.63, 3.8) is 0 Å². The number of hydrogen-bond acceptors (Lipinski definition) is 7. The van der Waals surface area contributed by atoms with Crippen LogP contribution in [0, 0.1) is 10.1 Å². The van der Waals surface area contributed by atoms with Crippen LogP contribution in [0.3, 0.4) is 0 Å². The Morgan fingerprint density at radius 2 is 1.86 bits per heavy atom. The van der Waals surface area contributed by atoms with Gasteiger partial charge >= 0.3 is 0 Å². The number of amides is 1. The van der Waals surface area contributed by atoms with Crippen molar-refractivity contribution in [1.82, 2.24) is 9.97 Å². The Morgan fingerprint density at radius 1 is 1.10 bits per heavy atom. The minimum atomic E-state index is -0.521. The third-order valence-corrected chi connectivity index (χ3v) is 6.16. The average molecular weight is 422 g/mol. The van der Waals surface area contributed by atoms with Crippen molar-refractivity contribution in [3.05, 3.63) is 77.1 Å². The molecule has 4 aromatic rings.